The summed E-state index contributed by atoms with van der Waals surface area (Å²) in [5.41, 5.74) is 2.16. The third-order valence-electron chi connectivity index (χ3n) is 4.63. The largest absolute Gasteiger partial charge is 0.280 e. The first-order valence-corrected chi connectivity index (χ1v) is 6.94. The van der Waals surface area contributed by atoms with Crippen LogP contribution in [-0.2, 0) is 9.59 Å². The van der Waals surface area contributed by atoms with Crippen LogP contribution < -0.4 is 4.90 Å². The number of hydrogen-bond acceptors (Lipinski definition) is 3. The molecule has 2 aliphatic rings. The van der Waals surface area contributed by atoms with E-state index in [0.29, 0.717) is 17.3 Å². The van der Waals surface area contributed by atoms with Crippen LogP contribution >= 0.6 is 0 Å². The van der Waals surface area contributed by atoms with Gasteiger partial charge in [-0.2, -0.15) is 5.10 Å². The molecule has 0 aromatic carbocycles. The summed E-state index contributed by atoms with van der Waals surface area (Å²) in [7, 11) is 0. The minimum Gasteiger partial charge on any atom is -0.280 e. The Bertz CT molecular complexity index is 505. The molecule has 2 heterocycles. The van der Waals surface area contributed by atoms with Gasteiger partial charge < -0.3 is 0 Å². The van der Waals surface area contributed by atoms with Crippen LogP contribution in [0, 0.1) is 31.6 Å². The van der Waals surface area contributed by atoms with Crippen molar-refractivity contribution in [3.05, 3.63) is 11.4 Å². The van der Waals surface area contributed by atoms with E-state index in [9.17, 15) is 9.59 Å². The van der Waals surface area contributed by atoms with Gasteiger partial charge in [0.15, 0.2) is 0 Å². The summed E-state index contributed by atoms with van der Waals surface area (Å²) >= 11 is 0. The van der Waals surface area contributed by atoms with E-state index in [1.54, 1.807) is 0 Å². The van der Waals surface area contributed by atoms with Gasteiger partial charge in [0.25, 0.3) is 0 Å². The van der Waals surface area contributed by atoms with Gasteiger partial charge in [-0.15, -0.1) is 0 Å². The maximum atomic E-state index is 12.5. The van der Waals surface area contributed by atoms with Crippen molar-refractivity contribution in [2.75, 3.05) is 4.90 Å². The molecule has 0 bridgehead atoms. The van der Waals surface area contributed by atoms with Crippen molar-refractivity contribution < 1.29 is 9.59 Å². The van der Waals surface area contributed by atoms with Crippen molar-refractivity contribution in [1.82, 2.24) is 10.2 Å². The maximum Gasteiger partial charge on any atom is 0.237 e. The van der Waals surface area contributed by atoms with Crippen LogP contribution in [0.2, 0.25) is 0 Å². The fourth-order valence-corrected chi connectivity index (χ4v) is 3.56. The van der Waals surface area contributed by atoms with Crippen LogP contribution in [0.5, 0.6) is 0 Å². The molecule has 0 radical (unpaired) electrons. The lowest BCUT2D eigenvalue weighted by Crippen LogP contribution is -2.33. The van der Waals surface area contributed by atoms with Crippen molar-refractivity contribution in [3.63, 3.8) is 0 Å². The first-order valence-electron chi connectivity index (χ1n) is 6.94. The topological polar surface area (TPSA) is 66.1 Å². The third kappa shape index (κ3) is 1.64. The molecule has 2 amide bonds. The Balaban J connectivity index is 1.95. The first kappa shape index (κ1) is 12.4. The fraction of sp³-hybridized carbons (Fsp3) is 0.643. The van der Waals surface area contributed by atoms with Crippen molar-refractivity contribution in [2.24, 2.45) is 17.8 Å². The Hall–Kier alpha value is -1.65. The number of amides is 2. The van der Waals surface area contributed by atoms with Crippen molar-refractivity contribution in [1.29, 1.82) is 0 Å². The van der Waals surface area contributed by atoms with Crippen molar-refractivity contribution in [3.8, 4) is 0 Å². The summed E-state index contributed by atoms with van der Waals surface area (Å²) in [6.45, 7) is 5.80. The van der Waals surface area contributed by atoms with Crippen LogP contribution in [0.25, 0.3) is 0 Å². The van der Waals surface area contributed by atoms with Gasteiger partial charge in [-0.05, 0) is 32.6 Å². The lowest BCUT2D eigenvalue weighted by atomic mass is 10.00. The Kier molecular flexibility index (Phi) is 2.73. The standard InChI is InChI=1S/C14H19N3O2/c1-4-9-5-10-11(6-9)14(19)17(13(10)18)12-7(2)15-16-8(12)3/h9-11H,4-6H2,1-3H3,(H,15,16). The second-order valence-electron chi connectivity index (χ2n) is 5.75. The Morgan fingerprint density at radius 3 is 2.21 bits per heavy atom. The van der Waals surface area contributed by atoms with Gasteiger partial charge in [-0.25, -0.2) is 4.90 Å². The maximum absolute atomic E-state index is 12.5. The average Bonchev–Trinajstić information content (AvgIpc) is 3.01. The molecular formula is C14H19N3O2. The van der Waals surface area contributed by atoms with Crippen LogP contribution in [0.15, 0.2) is 0 Å². The van der Waals surface area contributed by atoms with Crippen LogP contribution in [0.1, 0.15) is 37.6 Å². The van der Waals surface area contributed by atoms with Gasteiger partial charge in [0.1, 0.15) is 0 Å². The number of H-pyrrole nitrogens is 1. The van der Waals surface area contributed by atoms with Crippen LogP contribution in [0.4, 0.5) is 5.69 Å². The van der Waals surface area contributed by atoms with E-state index in [2.05, 4.69) is 17.1 Å². The number of carbonyl (C=O) groups excluding carboxylic acids is 2. The van der Waals surface area contributed by atoms with Gasteiger partial charge in [0.2, 0.25) is 11.8 Å². The predicted molar refractivity (Wildman–Crippen MR) is 70.5 cm³/mol. The van der Waals surface area contributed by atoms with E-state index < -0.39 is 0 Å². The van der Waals surface area contributed by atoms with Crippen LogP contribution in [-0.4, -0.2) is 22.0 Å². The van der Waals surface area contributed by atoms with Gasteiger partial charge >= 0.3 is 0 Å². The van der Waals surface area contributed by atoms with E-state index >= 15 is 0 Å². The zero-order valence-corrected chi connectivity index (χ0v) is 11.6. The average molecular weight is 261 g/mol. The normalized spacial score (nSPS) is 30.3. The Morgan fingerprint density at radius 2 is 1.79 bits per heavy atom. The van der Waals surface area contributed by atoms with E-state index in [1.807, 2.05) is 13.8 Å². The molecule has 1 aliphatic carbocycles. The minimum absolute atomic E-state index is 0.0291. The zero-order chi connectivity index (χ0) is 13.7. The smallest absolute Gasteiger partial charge is 0.237 e. The molecule has 1 aliphatic heterocycles. The molecule has 1 aromatic heterocycles. The Morgan fingerprint density at radius 1 is 1.21 bits per heavy atom. The van der Waals surface area contributed by atoms with Crippen molar-refractivity contribution >= 4 is 17.5 Å². The lowest BCUT2D eigenvalue weighted by Gasteiger charge is -2.17. The number of aromatic amines is 1. The summed E-state index contributed by atoms with van der Waals surface area (Å²) in [6, 6.07) is 0. The monoisotopic (exact) mass is 261 g/mol. The molecule has 102 valence electrons. The molecule has 2 fully saturated rings. The zero-order valence-electron chi connectivity index (χ0n) is 11.6. The number of rotatable bonds is 2. The SMILES string of the molecule is CCC1CC2C(=O)N(c3c(C)n[nH]c3C)C(=O)C2C1. The number of fused-ring (bicyclic) bond motifs is 1. The van der Waals surface area contributed by atoms with Crippen molar-refractivity contribution in [2.45, 2.75) is 40.0 Å². The number of hydrogen-bond donors (Lipinski definition) is 1. The number of nitrogens with zero attached hydrogens (tertiary/aromatic N) is 2. The molecule has 0 spiro atoms. The Labute approximate surface area is 112 Å². The number of aryl methyl sites for hydroxylation is 2. The summed E-state index contributed by atoms with van der Waals surface area (Å²) in [6.07, 6.45) is 2.77. The lowest BCUT2D eigenvalue weighted by molar-refractivity contribution is -0.123. The summed E-state index contributed by atoms with van der Waals surface area (Å²) < 4.78 is 0. The predicted octanol–water partition coefficient (Wildman–Crippen LogP) is 1.95. The second kappa shape index (κ2) is 4.18. The highest BCUT2D eigenvalue weighted by molar-refractivity contribution is 6.22. The molecule has 5 nitrogen and oxygen atoms in total. The number of nitrogens with one attached hydrogen (secondary N) is 1. The summed E-state index contributed by atoms with van der Waals surface area (Å²) in [4.78, 5) is 26.4. The highest BCUT2D eigenvalue weighted by Gasteiger charge is 2.53. The molecule has 5 heteroatoms. The molecule has 2 unspecified atom stereocenters. The fourth-order valence-electron chi connectivity index (χ4n) is 3.56. The molecule has 1 aromatic rings. The minimum atomic E-state index is -0.105. The molecule has 1 saturated heterocycles. The van der Waals surface area contributed by atoms with E-state index in [-0.39, 0.29) is 23.7 Å². The third-order valence-corrected chi connectivity index (χ3v) is 4.63. The van der Waals surface area contributed by atoms with E-state index in [0.717, 1.165) is 25.0 Å². The van der Waals surface area contributed by atoms with Gasteiger partial charge in [-0.1, -0.05) is 13.3 Å². The summed E-state index contributed by atoms with van der Waals surface area (Å²) in [5, 5.41) is 6.93. The number of aromatic nitrogens is 2. The number of carbonyl (C=O) groups is 2. The molecule has 1 saturated carbocycles. The molecule has 3 rings (SSSR count). The molecule has 2 atom stereocenters. The van der Waals surface area contributed by atoms with Gasteiger partial charge in [0.05, 0.1) is 28.9 Å². The van der Waals surface area contributed by atoms with Gasteiger partial charge in [0, 0.05) is 0 Å². The highest BCUT2D eigenvalue weighted by atomic mass is 16.2. The highest BCUT2D eigenvalue weighted by Crippen LogP contribution is 2.46. The van der Waals surface area contributed by atoms with Gasteiger partial charge in [-0.3, -0.25) is 14.7 Å². The first-order chi connectivity index (χ1) is 9.04. The number of anilines is 1. The molecular weight excluding hydrogens is 242 g/mol. The van der Waals surface area contributed by atoms with Crippen LogP contribution in [0.3, 0.4) is 0 Å². The molecule has 19 heavy (non-hydrogen) atoms. The summed E-state index contributed by atoms with van der Waals surface area (Å²) in [5.74, 6) is 0.256. The quantitative estimate of drug-likeness (QED) is 0.827. The van der Waals surface area contributed by atoms with E-state index in [1.165, 1.54) is 4.90 Å². The number of imide groups is 1. The second-order valence-corrected chi connectivity index (χ2v) is 5.75. The molecule has 1 N–H and O–H groups in total. The van der Waals surface area contributed by atoms with E-state index in [4.69, 9.17) is 0 Å².